The second-order valence-electron chi connectivity index (χ2n) is 7.96. The van der Waals surface area contributed by atoms with Crippen LogP contribution < -0.4 is 0 Å². The third-order valence-electron chi connectivity index (χ3n) is 4.41. The topological polar surface area (TPSA) is 124 Å². The first-order valence-electron chi connectivity index (χ1n) is 10.2. The number of esters is 2. The lowest BCUT2D eigenvalue weighted by Crippen LogP contribution is -2.20. The van der Waals surface area contributed by atoms with E-state index < -0.39 is 35.5 Å². The molecule has 10 heteroatoms. The molecule has 0 saturated carbocycles. The highest BCUT2D eigenvalue weighted by Crippen LogP contribution is 2.30. The molecule has 0 unspecified atom stereocenters. The number of carbonyl (C=O) groups excluding carboxylic acids is 4. The van der Waals surface area contributed by atoms with Crippen LogP contribution in [-0.2, 0) is 38.0 Å². The summed E-state index contributed by atoms with van der Waals surface area (Å²) in [5, 5.41) is 0. The van der Waals surface area contributed by atoms with Gasteiger partial charge in [-0.3, -0.25) is 9.59 Å². The van der Waals surface area contributed by atoms with E-state index in [2.05, 4.69) is 0 Å². The first kappa shape index (κ1) is 25.0. The van der Waals surface area contributed by atoms with Crippen molar-refractivity contribution in [2.45, 2.75) is 64.6 Å². The van der Waals surface area contributed by atoms with Crippen LogP contribution in [0.25, 0.3) is 0 Å². The van der Waals surface area contributed by atoms with Gasteiger partial charge in [0, 0.05) is 12.8 Å². The van der Waals surface area contributed by atoms with Crippen molar-refractivity contribution in [3.63, 3.8) is 0 Å². The number of hydrogen-bond donors (Lipinski definition) is 0. The number of hydrogen-bond acceptors (Lipinski definition) is 10. The number of ether oxygens (including phenoxy) is 6. The largest absolute Gasteiger partial charge is 0.514 e. The Morgan fingerprint density at radius 3 is 1.44 bits per heavy atom. The van der Waals surface area contributed by atoms with Crippen LogP contribution in [-0.4, -0.2) is 48.7 Å². The molecule has 0 bridgehead atoms. The maximum Gasteiger partial charge on any atom is 0.514 e. The molecule has 0 radical (unpaired) electrons. The van der Waals surface area contributed by atoms with Crippen molar-refractivity contribution in [1.29, 1.82) is 0 Å². The lowest BCUT2D eigenvalue weighted by Gasteiger charge is -2.13. The van der Waals surface area contributed by atoms with Crippen LogP contribution in [0.3, 0.4) is 0 Å². The molecule has 2 saturated heterocycles. The standard InChI is InChI=1S/C22H28O10/c1-21(2)15(29-19(25)31-21)9-7-13-27-17(23)11-5-6-12-18(24)28-14-8-10-16-22(3,4)32-20(26)30-16/h5-6,9-10H,7-8,11-14H2,1-4H3/b6-5+,15-9+,16-10+. The fourth-order valence-corrected chi connectivity index (χ4v) is 2.76. The number of carbonyl (C=O) groups is 4. The van der Waals surface area contributed by atoms with E-state index in [0.29, 0.717) is 24.4 Å². The van der Waals surface area contributed by atoms with Gasteiger partial charge in [0.15, 0.2) is 22.7 Å². The van der Waals surface area contributed by atoms with Crippen molar-refractivity contribution >= 4 is 24.2 Å². The summed E-state index contributed by atoms with van der Waals surface area (Å²) in [5.74, 6) is -0.132. The summed E-state index contributed by atoms with van der Waals surface area (Å²) >= 11 is 0. The first-order chi connectivity index (χ1) is 15.0. The van der Waals surface area contributed by atoms with Crippen LogP contribution in [0, 0.1) is 0 Å². The third-order valence-corrected chi connectivity index (χ3v) is 4.41. The average molecular weight is 452 g/mol. The quantitative estimate of drug-likeness (QED) is 0.209. The number of cyclic esters (lactones) is 4. The van der Waals surface area contributed by atoms with Gasteiger partial charge in [0.1, 0.15) is 0 Å². The molecule has 0 aromatic rings. The van der Waals surface area contributed by atoms with E-state index in [0.717, 1.165) is 0 Å². The Labute approximate surface area is 186 Å². The molecule has 2 fully saturated rings. The Bertz CT molecular complexity index is 764. The summed E-state index contributed by atoms with van der Waals surface area (Å²) in [4.78, 5) is 45.7. The van der Waals surface area contributed by atoms with Gasteiger partial charge >= 0.3 is 24.2 Å². The van der Waals surface area contributed by atoms with Crippen LogP contribution in [0.4, 0.5) is 9.59 Å². The van der Waals surface area contributed by atoms with Crippen LogP contribution in [0.5, 0.6) is 0 Å². The Hall–Kier alpha value is -3.30. The highest BCUT2D eigenvalue weighted by atomic mass is 16.8. The normalized spacial score (nSPS) is 21.2. The van der Waals surface area contributed by atoms with Crippen molar-refractivity contribution in [3.05, 3.63) is 35.8 Å². The minimum absolute atomic E-state index is 0.0139. The molecule has 176 valence electrons. The molecular formula is C22H28O10. The zero-order valence-electron chi connectivity index (χ0n) is 18.6. The summed E-state index contributed by atoms with van der Waals surface area (Å²) in [6, 6.07) is 0. The molecule has 0 atom stereocenters. The second kappa shape index (κ2) is 10.8. The summed E-state index contributed by atoms with van der Waals surface area (Å²) in [5.41, 5.74) is -1.66. The van der Waals surface area contributed by atoms with Crippen molar-refractivity contribution < 1.29 is 47.6 Å². The molecule has 0 aromatic heterocycles. The van der Waals surface area contributed by atoms with Gasteiger partial charge in [-0.1, -0.05) is 12.2 Å². The van der Waals surface area contributed by atoms with Crippen molar-refractivity contribution in [1.82, 2.24) is 0 Å². The molecule has 2 heterocycles. The zero-order chi connectivity index (χ0) is 23.8. The second-order valence-corrected chi connectivity index (χ2v) is 7.96. The van der Waals surface area contributed by atoms with Crippen molar-refractivity contribution in [3.8, 4) is 0 Å². The maximum atomic E-state index is 11.7. The number of rotatable bonds is 10. The van der Waals surface area contributed by atoms with E-state index in [9.17, 15) is 19.2 Å². The molecular weight excluding hydrogens is 424 g/mol. The molecule has 0 N–H and O–H groups in total. The highest BCUT2D eigenvalue weighted by Gasteiger charge is 2.39. The Morgan fingerprint density at radius 2 is 1.12 bits per heavy atom. The molecule has 2 aliphatic heterocycles. The molecule has 0 aromatic carbocycles. The van der Waals surface area contributed by atoms with E-state index in [4.69, 9.17) is 28.4 Å². The van der Waals surface area contributed by atoms with Crippen molar-refractivity contribution in [2.75, 3.05) is 13.2 Å². The molecule has 0 spiro atoms. The van der Waals surface area contributed by atoms with Gasteiger partial charge in [0.25, 0.3) is 0 Å². The molecule has 0 amide bonds. The van der Waals surface area contributed by atoms with E-state index in [1.165, 1.54) is 12.2 Å². The van der Waals surface area contributed by atoms with Crippen molar-refractivity contribution in [2.24, 2.45) is 0 Å². The first-order valence-corrected chi connectivity index (χ1v) is 10.2. The van der Waals surface area contributed by atoms with Crippen LogP contribution in [0.1, 0.15) is 53.4 Å². The third kappa shape index (κ3) is 7.75. The lowest BCUT2D eigenvalue weighted by molar-refractivity contribution is -0.143. The predicted octanol–water partition coefficient (Wildman–Crippen LogP) is 3.85. The van der Waals surface area contributed by atoms with Gasteiger partial charge in [-0.05, 0) is 39.8 Å². The zero-order valence-corrected chi connectivity index (χ0v) is 18.6. The molecule has 32 heavy (non-hydrogen) atoms. The molecule has 10 nitrogen and oxygen atoms in total. The molecule has 2 aliphatic rings. The van der Waals surface area contributed by atoms with E-state index in [1.54, 1.807) is 39.8 Å². The lowest BCUT2D eigenvalue weighted by atomic mass is 10.1. The van der Waals surface area contributed by atoms with Gasteiger partial charge in [-0.2, -0.15) is 0 Å². The average Bonchev–Trinajstić information content (AvgIpc) is 3.10. The maximum absolute atomic E-state index is 11.7. The van der Waals surface area contributed by atoms with Gasteiger partial charge in [-0.15, -0.1) is 0 Å². The summed E-state index contributed by atoms with van der Waals surface area (Å²) < 4.78 is 30.0. The van der Waals surface area contributed by atoms with Gasteiger partial charge in [-0.25, -0.2) is 9.59 Å². The summed E-state index contributed by atoms with van der Waals surface area (Å²) in [7, 11) is 0. The fourth-order valence-electron chi connectivity index (χ4n) is 2.76. The van der Waals surface area contributed by atoms with E-state index >= 15 is 0 Å². The SMILES string of the molecule is CC1(C)OC(=O)O/C1=C/CCOC(=O)C/C=C/CC(=O)OCC/C=C1/OC(=O)OC1(C)C. The van der Waals surface area contributed by atoms with E-state index in [1.807, 2.05) is 0 Å². The Morgan fingerprint density at radius 1 is 0.750 bits per heavy atom. The Balaban J connectivity index is 1.56. The van der Waals surface area contributed by atoms with Crippen LogP contribution in [0.15, 0.2) is 35.8 Å². The minimum atomic E-state index is -0.830. The molecule has 0 aliphatic carbocycles. The van der Waals surface area contributed by atoms with Gasteiger partial charge in [0.2, 0.25) is 0 Å². The van der Waals surface area contributed by atoms with E-state index in [-0.39, 0.29) is 26.1 Å². The Kier molecular flexibility index (Phi) is 8.45. The smallest absolute Gasteiger partial charge is 0.465 e. The summed E-state index contributed by atoms with van der Waals surface area (Å²) in [6.07, 6.45) is 5.60. The minimum Gasteiger partial charge on any atom is -0.465 e. The monoisotopic (exact) mass is 452 g/mol. The van der Waals surface area contributed by atoms with Crippen LogP contribution in [0.2, 0.25) is 0 Å². The summed E-state index contributed by atoms with van der Waals surface area (Å²) in [6.45, 7) is 7.04. The van der Waals surface area contributed by atoms with Crippen LogP contribution >= 0.6 is 0 Å². The van der Waals surface area contributed by atoms with Gasteiger partial charge in [0.05, 0.1) is 26.1 Å². The predicted molar refractivity (Wildman–Crippen MR) is 109 cm³/mol. The highest BCUT2D eigenvalue weighted by molar-refractivity contribution is 5.73. The fraction of sp³-hybridized carbons (Fsp3) is 0.545. The molecule has 2 rings (SSSR count). The van der Waals surface area contributed by atoms with Gasteiger partial charge < -0.3 is 28.4 Å².